The van der Waals surface area contributed by atoms with Crippen molar-refractivity contribution in [2.75, 3.05) is 20.2 Å². The molecular formula is C22H26N4O2. The molecule has 3 aromatic rings. The van der Waals surface area contributed by atoms with E-state index >= 15 is 0 Å². The number of ether oxygens (including phenoxy) is 1. The fourth-order valence-electron chi connectivity index (χ4n) is 3.00. The fraction of sp³-hybridized carbons (Fsp3) is 0.273. The summed E-state index contributed by atoms with van der Waals surface area (Å²) in [6.45, 7) is 2.32. The molecule has 1 amide bonds. The largest absolute Gasteiger partial charge is 0.497 e. The van der Waals surface area contributed by atoms with E-state index in [1.807, 2.05) is 59.5 Å². The third-order valence-electron chi connectivity index (χ3n) is 4.52. The first-order valence-electron chi connectivity index (χ1n) is 9.38. The van der Waals surface area contributed by atoms with Crippen molar-refractivity contribution in [1.82, 2.24) is 14.7 Å². The lowest BCUT2D eigenvalue weighted by Gasteiger charge is -2.22. The van der Waals surface area contributed by atoms with Gasteiger partial charge in [-0.25, -0.2) is 0 Å². The molecule has 0 bridgehead atoms. The zero-order chi connectivity index (χ0) is 19.8. The summed E-state index contributed by atoms with van der Waals surface area (Å²) >= 11 is 0. The predicted octanol–water partition coefficient (Wildman–Crippen LogP) is 2.93. The number of benzene rings is 2. The number of methoxy groups -OCH3 is 1. The molecule has 0 aliphatic carbocycles. The van der Waals surface area contributed by atoms with Crippen molar-refractivity contribution in [2.24, 2.45) is 5.73 Å². The number of hydrogen-bond donors (Lipinski definition) is 1. The summed E-state index contributed by atoms with van der Waals surface area (Å²) in [7, 11) is 1.65. The molecule has 6 nitrogen and oxygen atoms in total. The van der Waals surface area contributed by atoms with E-state index in [0.29, 0.717) is 31.7 Å². The minimum absolute atomic E-state index is 0.0294. The third kappa shape index (κ3) is 5.20. The maximum absolute atomic E-state index is 13.0. The van der Waals surface area contributed by atoms with Crippen LogP contribution in [0.15, 0.2) is 67.0 Å². The summed E-state index contributed by atoms with van der Waals surface area (Å²) < 4.78 is 6.96. The van der Waals surface area contributed by atoms with Crippen LogP contribution in [0.5, 0.6) is 5.75 Å². The van der Waals surface area contributed by atoms with Crippen molar-refractivity contribution in [1.29, 1.82) is 0 Å². The van der Waals surface area contributed by atoms with Gasteiger partial charge in [0.15, 0.2) is 0 Å². The molecule has 2 aromatic carbocycles. The molecule has 6 heteroatoms. The average Bonchev–Trinajstić information content (AvgIpc) is 3.20. The van der Waals surface area contributed by atoms with Gasteiger partial charge in [0.05, 0.1) is 25.4 Å². The summed E-state index contributed by atoms with van der Waals surface area (Å²) in [6, 6.07) is 17.8. The highest BCUT2D eigenvalue weighted by Crippen LogP contribution is 2.14. The Labute approximate surface area is 165 Å². The molecular weight excluding hydrogens is 352 g/mol. The average molecular weight is 378 g/mol. The van der Waals surface area contributed by atoms with E-state index in [0.717, 1.165) is 23.3 Å². The van der Waals surface area contributed by atoms with Crippen molar-refractivity contribution in [2.45, 2.75) is 19.5 Å². The number of carbonyl (C=O) groups excluding carboxylic acids is 1. The Morgan fingerprint density at radius 3 is 2.54 bits per heavy atom. The van der Waals surface area contributed by atoms with Gasteiger partial charge in [0.25, 0.3) is 5.91 Å². The van der Waals surface area contributed by atoms with Crippen molar-refractivity contribution in [3.05, 3.63) is 83.7 Å². The van der Waals surface area contributed by atoms with Crippen LogP contribution in [-0.4, -0.2) is 40.8 Å². The molecule has 0 saturated heterocycles. The molecule has 1 aromatic heterocycles. The zero-order valence-electron chi connectivity index (χ0n) is 16.1. The first-order valence-corrected chi connectivity index (χ1v) is 9.38. The lowest BCUT2D eigenvalue weighted by molar-refractivity contribution is 0.0742. The van der Waals surface area contributed by atoms with Crippen LogP contribution in [0.4, 0.5) is 0 Å². The minimum Gasteiger partial charge on any atom is -0.497 e. The van der Waals surface area contributed by atoms with Gasteiger partial charge in [0, 0.05) is 19.3 Å². The Bertz CT molecular complexity index is 875. The topological polar surface area (TPSA) is 73.4 Å². The molecule has 3 rings (SSSR count). The van der Waals surface area contributed by atoms with Crippen molar-refractivity contribution in [3.8, 4) is 5.75 Å². The molecule has 0 spiro atoms. The quantitative estimate of drug-likeness (QED) is 0.621. The number of rotatable bonds is 9. The number of nitrogens with two attached hydrogens (primary N) is 1. The second-order valence-electron chi connectivity index (χ2n) is 6.63. The van der Waals surface area contributed by atoms with Crippen LogP contribution >= 0.6 is 0 Å². The second-order valence-corrected chi connectivity index (χ2v) is 6.63. The van der Waals surface area contributed by atoms with E-state index in [1.165, 1.54) is 0 Å². The van der Waals surface area contributed by atoms with E-state index < -0.39 is 0 Å². The van der Waals surface area contributed by atoms with E-state index in [9.17, 15) is 4.79 Å². The first-order chi connectivity index (χ1) is 13.7. The van der Waals surface area contributed by atoms with Crippen LogP contribution in [0.2, 0.25) is 0 Å². The third-order valence-corrected chi connectivity index (χ3v) is 4.52. The van der Waals surface area contributed by atoms with Gasteiger partial charge in [-0.15, -0.1) is 0 Å². The van der Waals surface area contributed by atoms with Crippen LogP contribution < -0.4 is 10.5 Å². The number of aromatic nitrogens is 2. The molecule has 1 heterocycles. The maximum atomic E-state index is 13.0. The predicted molar refractivity (Wildman–Crippen MR) is 109 cm³/mol. The van der Waals surface area contributed by atoms with Crippen LogP contribution in [0.3, 0.4) is 0 Å². The van der Waals surface area contributed by atoms with Crippen LogP contribution in [-0.2, 0) is 13.1 Å². The van der Waals surface area contributed by atoms with E-state index in [-0.39, 0.29) is 5.91 Å². The summed E-state index contributed by atoms with van der Waals surface area (Å²) in [5.41, 5.74) is 8.43. The fourth-order valence-corrected chi connectivity index (χ4v) is 3.00. The summed E-state index contributed by atoms with van der Waals surface area (Å²) in [5.74, 6) is 0.787. The SMILES string of the molecule is COc1ccc(Cn2cc(C(=O)N(CCCN)Cc3ccccc3)cn2)cc1. The van der Waals surface area contributed by atoms with Crippen LogP contribution in [0.1, 0.15) is 27.9 Å². The Morgan fingerprint density at radius 1 is 1.11 bits per heavy atom. The molecule has 146 valence electrons. The minimum atomic E-state index is -0.0294. The van der Waals surface area contributed by atoms with Crippen LogP contribution in [0.25, 0.3) is 0 Å². The monoisotopic (exact) mass is 378 g/mol. The van der Waals surface area contributed by atoms with Crippen LogP contribution in [0, 0.1) is 0 Å². The Morgan fingerprint density at radius 2 is 1.86 bits per heavy atom. The van der Waals surface area contributed by atoms with Gasteiger partial charge in [-0.1, -0.05) is 42.5 Å². The van der Waals surface area contributed by atoms with E-state index in [4.69, 9.17) is 10.5 Å². The Kier molecular flexibility index (Phi) is 6.81. The van der Waals surface area contributed by atoms with Crippen molar-refractivity contribution >= 4 is 5.91 Å². The highest BCUT2D eigenvalue weighted by Gasteiger charge is 2.17. The lowest BCUT2D eigenvalue weighted by atomic mass is 10.2. The van der Waals surface area contributed by atoms with Gasteiger partial charge in [-0.2, -0.15) is 5.10 Å². The van der Waals surface area contributed by atoms with Crippen molar-refractivity contribution < 1.29 is 9.53 Å². The molecule has 0 aliphatic heterocycles. The Hall–Kier alpha value is -3.12. The van der Waals surface area contributed by atoms with Gasteiger partial charge < -0.3 is 15.4 Å². The number of hydrogen-bond acceptors (Lipinski definition) is 4. The molecule has 0 radical (unpaired) electrons. The molecule has 0 aliphatic rings. The molecule has 0 atom stereocenters. The first kappa shape index (κ1) is 19.6. The number of amides is 1. The van der Waals surface area contributed by atoms with Gasteiger partial charge in [0.2, 0.25) is 0 Å². The number of nitrogens with zero attached hydrogens (tertiary/aromatic N) is 3. The zero-order valence-corrected chi connectivity index (χ0v) is 16.1. The van der Waals surface area contributed by atoms with E-state index in [1.54, 1.807) is 24.2 Å². The highest BCUT2D eigenvalue weighted by atomic mass is 16.5. The van der Waals surface area contributed by atoms with Gasteiger partial charge in [-0.3, -0.25) is 9.48 Å². The summed E-state index contributed by atoms with van der Waals surface area (Å²) in [5, 5.41) is 4.36. The molecule has 0 saturated carbocycles. The summed E-state index contributed by atoms with van der Waals surface area (Å²) in [6.07, 6.45) is 4.19. The maximum Gasteiger partial charge on any atom is 0.257 e. The van der Waals surface area contributed by atoms with Crippen molar-refractivity contribution in [3.63, 3.8) is 0 Å². The molecule has 0 fully saturated rings. The Balaban J connectivity index is 1.70. The number of carbonyl (C=O) groups is 1. The molecule has 0 unspecified atom stereocenters. The summed E-state index contributed by atoms with van der Waals surface area (Å²) in [4.78, 5) is 14.8. The smallest absolute Gasteiger partial charge is 0.257 e. The normalized spacial score (nSPS) is 10.6. The van der Waals surface area contributed by atoms with E-state index in [2.05, 4.69) is 5.10 Å². The second kappa shape index (κ2) is 9.71. The van der Waals surface area contributed by atoms with Gasteiger partial charge in [-0.05, 0) is 36.2 Å². The standard InChI is InChI=1S/C22H26N4O2/c1-28-21-10-8-19(9-11-21)16-26-17-20(14-24-26)22(27)25(13-5-12-23)15-18-6-3-2-4-7-18/h2-4,6-11,14,17H,5,12-13,15-16,23H2,1H3. The lowest BCUT2D eigenvalue weighted by Crippen LogP contribution is -2.32. The van der Waals surface area contributed by atoms with Gasteiger partial charge >= 0.3 is 0 Å². The highest BCUT2D eigenvalue weighted by molar-refractivity contribution is 5.93. The molecule has 28 heavy (non-hydrogen) atoms. The van der Waals surface area contributed by atoms with Gasteiger partial charge in [0.1, 0.15) is 5.75 Å². The molecule has 2 N–H and O–H groups in total.